The van der Waals surface area contributed by atoms with E-state index < -0.39 is 0 Å². The molecular weight excluding hydrogens is 607 g/mol. The van der Waals surface area contributed by atoms with Gasteiger partial charge in [0.15, 0.2) is 0 Å². The van der Waals surface area contributed by atoms with Crippen LogP contribution in [0.1, 0.15) is 87.2 Å². The Labute approximate surface area is 289 Å². The van der Waals surface area contributed by atoms with E-state index in [0.717, 1.165) is 57.9 Å². The Morgan fingerprint density at radius 2 is 1.54 bits per heavy atom. The van der Waals surface area contributed by atoms with Gasteiger partial charge >= 0.3 is 0 Å². The summed E-state index contributed by atoms with van der Waals surface area (Å²) < 4.78 is 2.35. The van der Waals surface area contributed by atoms with Gasteiger partial charge in [0.05, 0.1) is 39.8 Å². The predicted molar refractivity (Wildman–Crippen MR) is 204 cm³/mol. The summed E-state index contributed by atoms with van der Waals surface area (Å²) in [7, 11) is 0. The molecule has 0 N–H and O–H groups in total. The Hall–Kier alpha value is -6.38. The van der Waals surface area contributed by atoms with Crippen molar-refractivity contribution < 1.29 is 0 Å². The fourth-order valence-electron chi connectivity index (χ4n) is 9.79. The molecule has 0 aliphatic heterocycles. The number of fused-ring (bicyclic) bond motifs is 13. The van der Waals surface area contributed by atoms with E-state index in [1.807, 2.05) is 12.2 Å². The molecule has 0 spiro atoms. The summed E-state index contributed by atoms with van der Waals surface area (Å²) in [5.74, 6) is 0.437. The van der Waals surface area contributed by atoms with Crippen molar-refractivity contribution in [2.75, 3.05) is 0 Å². The van der Waals surface area contributed by atoms with Crippen molar-refractivity contribution >= 4 is 67.5 Å². The van der Waals surface area contributed by atoms with Gasteiger partial charge in [-0.25, -0.2) is 0 Å². The minimum absolute atomic E-state index is 0.203. The first kappa shape index (κ1) is 27.6. The van der Waals surface area contributed by atoms with E-state index in [1.54, 1.807) is 0 Å². The van der Waals surface area contributed by atoms with E-state index in [0.29, 0.717) is 11.1 Å². The number of allylic oxidation sites excluding steroid dienone is 5. The molecule has 2 aromatic heterocycles. The van der Waals surface area contributed by atoms with E-state index in [4.69, 9.17) is 0 Å². The maximum Gasteiger partial charge on any atom is 0.0999 e. The lowest BCUT2D eigenvalue weighted by molar-refractivity contribution is 0.825. The average molecular weight is 636 g/mol. The van der Waals surface area contributed by atoms with Gasteiger partial charge in [-0.15, -0.1) is 5.73 Å². The van der Waals surface area contributed by atoms with Crippen LogP contribution in [0.3, 0.4) is 0 Å². The van der Waals surface area contributed by atoms with Crippen LogP contribution in [0.15, 0.2) is 102 Å². The zero-order valence-corrected chi connectivity index (χ0v) is 27.5. The molecule has 0 saturated heterocycles. The average Bonchev–Trinajstić information content (AvgIpc) is 3.99. The molecule has 3 heteroatoms. The fraction of sp³-hybridized carbons (Fsp3) is 0.128. The summed E-state index contributed by atoms with van der Waals surface area (Å²) in [6.07, 6.45) is 13.8. The number of hydrogen-bond donors (Lipinski definition) is 0. The molecule has 2 atom stereocenters. The van der Waals surface area contributed by atoms with Gasteiger partial charge in [-0.05, 0) is 106 Å². The van der Waals surface area contributed by atoms with Gasteiger partial charge in [-0.3, -0.25) is 0 Å². The SMILES string of the molecule is CCC1C=Cc2c(C#N)cc3c(c21)c1cc(C2=C4C(=CCC2c2ccccc2)Cc2ccccc24)cc2c4c5c(c(C#N)cc4n3c21)C=C=C5. The molecule has 0 radical (unpaired) electrons. The third-order valence-electron chi connectivity index (χ3n) is 11.8. The summed E-state index contributed by atoms with van der Waals surface area (Å²) in [4.78, 5) is 0. The van der Waals surface area contributed by atoms with E-state index in [9.17, 15) is 10.5 Å². The van der Waals surface area contributed by atoms with Crippen LogP contribution in [0, 0.1) is 22.7 Å². The lowest BCUT2D eigenvalue weighted by Crippen LogP contribution is -2.09. The van der Waals surface area contributed by atoms with Gasteiger partial charge in [-0.2, -0.15) is 10.5 Å². The van der Waals surface area contributed by atoms with Crippen molar-refractivity contribution in [1.29, 1.82) is 10.5 Å². The first-order valence-electron chi connectivity index (χ1n) is 17.6. The van der Waals surface area contributed by atoms with E-state index >= 15 is 0 Å². The third kappa shape index (κ3) is 3.38. The Kier molecular flexibility index (Phi) is 5.42. The smallest absolute Gasteiger partial charge is 0.0999 e. The van der Waals surface area contributed by atoms with Gasteiger partial charge in [0, 0.05) is 44.5 Å². The molecule has 50 heavy (non-hydrogen) atoms. The van der Waals surface area contributed by atoms with Crippen LogP contribution in [0.2, 0.25) is 0 Å². The minimum Gasteiger partial charge on any atom is -0.308 e. The molecular formula is C47H29N3. The highest BCUT2D eigenvalue weighted by molar-refractivity contribution is 6.28. The van der Waals surface area contributed by atoms with Crippen LogP contribution >= 0.6 is 0 Å². The molecule has 0 saturated carbocycles. The second-order valence-electron chi connectivity index (χ2n) is 14.2. The number of nitriles is 2. The quantitative estimate of drug-likeness (QED) is 0.181. The van der Waals surface area contributed by atoms with Gasteiger partial charge in [-0.1, -0.05) is 79.7 Å². The largest absolute Gasteiger partial charge is 0.308 e. The Bertz CT molecular complexity index is 2960. The summed E-state index contributed by atoms with van der Waals surface area (Å²) in [5, 5.41) is 25.5. The molecule has 4 aliphatic rings. The Morgan fingerprint density at radius 3 is 2.34 bits per heavy atom. The minimum atomic E-state index is 0.203. The number of hydrogen-bond acceptors (Lipinski definition) is 2. The Balaban J connectivity index is 1.36. The third-order valence-corrected chi connectivity index (χ3v) is 11.8. The second-order valence-corrected chi connectivity index (χ2v) is 14.2. The number of rotatable bonds is 3. The van der Waals surface area contributed by atoms with Crippen molar-refractivity contribution in [2.45, 2.75) is 38.0 Å². The van der Waals surface area contributed by atoms with Crippen LogP contribution in [0.4, 0.5) is 0 Å². The molecule has 5 aromatic carbocycles. The lowest BCUT2D eigenvalue weighted by atomic mass is 9.75. The van der Waals surface area contributed by atoms with Gasteiger partial charge in [0.25, 0.3) is 0 Å². The van der Waals surface area contributed by atoms with Gasteiger partial charge < -0.3 is 4.40 Å². The molecule has 7 aromatic rings. The summed E-state index contributed by atoms with van der Waals surface area (Å²) in [5.41, 5.74) is 21.7. The zero-order chi connectivity index (χ0) is 33.2. The first-order chi connectivity index (χ1) is 24.7. The van der Waals surface area contributed by atoms with Gasteiger partial charge in [0.2, 0.25) is 0 Å². The number of nitrogens with zero attached hydrogens (tertiary/aromatic N) is 3. The molecule has 232 valence electrons. The first-order valence-corrected chi connectivity index (χ1v) is 17.6. The lowest BCUT2D eigenvalue weighted by Gasteiger charge is -2.28. The maximum absolute atomic E-state index is 10.4. The summed E-state index contributed by atoms with van der Waals surface area (Å²) >= 11 is 0. The highest BCUT2D eigenvalue weighted by atomic mass is 14.9. The molecule has 3 nitrogen and oxygen atoms in total. The second kappa shape index (κ2) is 9.84. The molecule has 2 heterocycles. The maximum atomic E-state index is 10.4. The zero-order valence-electron chi connectivity index (χ0n) is 27.5. The molecule has 2 unspecified atom stereocenters. The van der Waals surface area contributed by atoms with Crippen molar-refractivity contribution in [2.24, 2.45) is 0 Å². The number of benzene rings is 5. The Morgan fingerprint density at radius 1 is 0.820 bits per heavy atom. The van der Waals surface area contributed by atoms with E-state index in [1.165, 1.54) is 60.7 Å². The summed E-state index contributed by atoms with van der Waals surface area (Å²) in [6, 6.07) is 34.0. The standard InChI is InChI=1S/C47H29N3/c1-2-26-15-17-36-32(25-49)23-41-46(42(26)36)39-21-30(20-38-45-37-14-8-13-33(37)31(24-48)22-40(45)50(41)47(38)39)44-35(27-9-4-3-5-10-27)18-16-29-19-28-11-6-7-12-34(28)43(29)44/h3-7,9-17,20-23,26,35H,2,18-19H2,1H3. The van der Waals surface area contributed by atoms with Crippen LogP contribution in [0.25, 0.3) is 67.5 Å². The van der Waals surface area contributed by atoms with Crippen molar-refractivity contribution in [3.05, 3.63) is 158 Å². The monoisotopic (exact) mass is 635 g/mol. The van der Waals surface area contributed by atoms with Crippen molar-refractivity contribution in [1.82, 2.24) is 4.40 Å². The topological polar surface area (TPSA) is 52.0 Å². The molecule has 0 amide bonds. The molecule has 0 bridgehead atoms. The number of aromatic nitrogens is 1. The molecule has 0 fully saturated rings. The highest BCUT2D eigenvalue weighted by Crippen LogP contribution is 2.54. The normalized spacial score (nSPS) is 18.3. The van der Waals surface area contributed by atoms with Crippen molar-refractivity contribution in [3.63, 3.8) is 0 Å². The van der Waals surface area contributed by atoms with E-state index in [2.05, 4.69) is 126 Å². The highest BCUT2D eigenvalue weighted by Gasteiger charge is 2.35. The predicted octanol–water partition coefficient (Wildman–Crippen LogP) is 11.3. The van der Waals surface area contributed by atoms with Crippen LogP contribution in [-0.4, -0.2) is 4.40 Å². The van der Waals surface area contributed by atoms with Crippen LogP contribution in [-0.2, 0) is 6.42 Å². The van der Waals surface area contributed by atoms with Crippen molar-refractivity contribution in [3.8, 4) is 12.1 Å². The fourth-order valence-corrected chi connectivity index (χ4v) is 9.79. The summed E-state index contributed by atoms with van der Waals surface area (Å²) in [6.45, 7) is 2.23. The molecule has 4 aliphatic carbocycles. The van der Waals surface area contributed by atoms with Crippen LogP contribution in [0.5, 0.6) is 0 Å². The van der Waals surface area contributed by atoms with Crippen LogP contribution < -0.4 is 0 Å². The molecule has 11 rings (SSSR count). The van der Waals surface area contributed by atoms with Gasteiger partial charge in [0.1, 0.15) is 0 Å². The van der Waals surface area contributed by atoms with E-state index in [-0.39, 0.29) is 11.8 Å².